The number of nitrogens with one attached hydrogen (secondary N) is 2. The van der Waals surface area contributed by atoms with E-state index in [2.05, 4.69) is 10.6 Å². The van der Waals surface area contributed by atoms with Gasteiger partial charge in [0.15, 0.2) is 0 Å². The summed E-state index contributed by atoms with van der Waals surface area (Å²) in [4.78, 5) is 38.4. The zero-order valence-electron chi connectivity index (χ0n) is 18.6. The summed E-state index contributed by atoms with van der Waals surface area (Å²) in [6.07, 6.45) is -1.20. The predicted octanol–water partition coefficient (Wildman–Crippen LogP) is 5.00. The van der Waals surface area contributed by atoms with Gasteiger partial charge in [-0.3, -0.25) is 9.59 Å². The van der Waals surface area contributed by atoms with Gasteiger partial charge in [0.2, 0.25) is 6.10 Å². The van der Waals surface area contributed by atoms with Gasteiger partial charge in [-0.05, 0) is 50.1 Å². The van der Waals surface area contributed by atoms with Gasteiger partial charge in [-0.15, -0.1) is 0 Å². The summed E-state index contributed by atoms with van der Waals surface area (Å²) in [7, 11) is 0. The highest BCUT2D eigenvalue weighted by atomic mass is 35.5. The quantitative estimate of drug-likeness (QED) is 0.482. The zero-order valence-corrected chi connectivity index (χ0v) is 19.3. The molecule has 2 amide bonds. The molecule has 2 unspecified atom stereocenters. The van der Waals surface area contributed by atoms with Crippen molar-refractivity contribution in [3.8, 4) is 0 Å². The molecule has 0 bridgehead atoms. The molecular weight excluding hydrogens is 440 g/mol. The maximum absolute atomic E-state index is 13.1. The highest BCUT2D eigenvalue weighted by molar-refractivity contribution is 6.33. The molecular formula is C26H25ClN2O4. The largest absolute Gasteiger partial charge is 0.446 e. The molecule has 7 heteroatoms. The van der Waals surface area contributed by atoms with Crippen molar-refractivity contribution in [2.24, 2.45) is 0 Å². The molecule has 170 valence electrons. The van der Waals surface area contributed by atoms with Crippen molar-refractivity contribution < 1.29 is 19.1 Å². The first-order chi connectivity index (χ1) is 15.8. The fourth-order valence-electron chi connectivity index (χ4n) is 3.17. The predicted molar refractivity (Wildman–Crippen MR) is 128 cm³/mol. The van der Waals surface area contributed by atoms with Crippen LogP contribution < -0.4 is 10.6 Å². The van der Waals surface area contributed by atoms with E-state index >= 15 is 0 Å². The van der Waals surface area contributed by atoms with Crippen molar-refractivity contribution in [1.29, 1.82) is 0 Å². The van der Waals surface area contributed by atoms with Crippen LogP contribution in [0.15, 0.2) is 72.8 Å². The number of anilines is 1. The fourth-order valence-corrected chi connectivity index (χ4v) is 3.39. The highest BCUT2D eigenvalue weighted by Crippen LogP contribution is 2.23. The molecule has 0 aliphatic rings. The number of carbonyl (C=O) groups is 3. The van der Waals surface area contributed by atoms with E-state index in [0.29, 0.717) is 11.3 Å². The van der Waals surface area contributed by atoms with Crippen molar-refractivity contribution in [1.82, 2.24) is 5.32 Å². The Hall–Kier alpha value is -3.64. The number of carbonyl (C=O) groups excluding carboxylic acids is 3. The Morgan fingerprint density at radius 3 is 2.27 bits per heavy atom. The molecule has 3 aromatic carbocycles. The van der Waals surface area contributed by atoms with Gasteiger partial charge in [0.05, 0.1) is 10.6 Å². The summed E-state index contributed by atoms with van der Waals surface area (Å²) >= 11 is 6.06. The molecule has 2 atom stereocenters. The molecule has 3 aromatic rings. The third-order valence-corrected chi connectivity index (χ3v) is 5.37. The number of hydrogen-bond acceptors (Lipinski definition) is 4. The van der Waals surface area contributed by atoms with Crippen LogP contribution in [0.3, 0.4) is 0 Å². The van der Waals surface area contributed by atoms with Crippen molar-refractivity contribution in [3.05, 3.63) is 100 Å². The summed E-state index contributed by atoms with van der Waals surface area (Å²) in [6, 6.07) is 19.9. The second-order valence-corrected chi connectivity index (χ2v) is 8.12. The molecule has 6 nitrogen and oxygen atoms in total. The summed E-state index contributed by atoms with van der Waals surface area (Å²) in [6.45, 7) is 5.29. The lowest BCUT2D eigenvalue weighted by Crippen LogP contribution is -2.41. The third kappa shape index (κ3) is 6.20. The van der Waals surface area contributed by atoms with Crippen molar-refractivity contribution in [2.75, 3.05) is 5.32 Å². The van der Waals surface area contributed by atoms with E-state index in [4.69, 9.17) is 16.3 Å². The lowest BCUT2D eigenvalue weighted by Gasteiger charge is -2.21. The summed E-state index contributed by atoms with van der Waals surface area (Å²) in [5.41, 5.74) is 3.26. The van der Waals surface area contributed by atoms with Crippen LogP contribution in [0.5, 0.6) is 0 Å². The fraction of sp³-hybridized carbons (Fsp3) is 0.192. The second-order valence-electron chi connectivity index (χ2n) is 7.71. The number of rotatable bonds is 7. The Labute approximate surface area is 197 Å². The van der Waals surface area contributed by atoms with E-state index in [1.165, 1.54) is 6.92 Å². The molecule has 0 saturated carbocycles. The van der Waals surface area contributed by atoms with Gasteiger partial charge in [0.1, 0.15) is 6.04 Å². The Kier molecular flexibility index (Phi) is 7.85. The molecule has 0 aromatic heterocycles. The number of halogens is 1. The van der Waals surface area contributed by atoms with Crippen LogP contribution in [0.2, 0.25) is 5.02 Å². The van der Waals surface area contributed by atoms with Crippen LogP contribution in [-0.4, -0.2) is 23.8 Å². The van der Waals surface area contributed by atoms with Crippen LogP contribution in [-0.2, 0) is 14.3 Å². The molecule has 0 saturated heterocycles. The first-order valence-corrected chi connectivity index (χ1v) is 10.8. The Balaban J connectivity index is 1.76. The number of hydrogen-bond donors (Lipinski definition) is 2. The molecule has 0 radical (unpaired) electrons. The van der Waals surface area contributed by atoms with Gasteiger partial charge in [-0.2, -0.15) is 0 Å². The van der Waals surface area contributed by atoms with E-state index in [1.54, 1.807) is 54.6 Å². The third-order valence-electron chi connectivity index (χ3n) is 5.05. The van der Waals surface area contributed by atoms with Crippen LogP contribution in [0.25, 0.3) is 0 Å². The van der Waals surface area contributed by atoms with Gasteiger partial charge in [0.25, 0.3) is 11.8 Å². The summed E-state index contributed by atoms with van der Waals surface area (Å²) in [5, 5.41) is 5.69. The topological polar surface area (TPSA) is 84.5 Å². The van der Waals surface area contributed by atoms with E-state index < -0.39 is 29.9 Å². The Morgan fingerprint density at radius 1 is 0.909 bits per heavy atom. The number of aryl methyl sites for hydroxylation is 2. The Morgan fingerprint density at radius 2 is 1.58 bits per heavy atom. The molecule has 3 rings (SSSR count). The number of benzene rings is 3. The highest BCUT2D eigenvalue weighted by Gasteiger charge is 2.29. The van der Waals surface area contributed by atoms with E-state index in [9.17, 15) is 14.4 Å². The standard InChI is InChI=1S/C26H25ClN2O4/c1-16-13-14-17(2)22(15-16)29-25(31)23(19-9-5-4-6-10-19)33-26(32)18(3)28-24(30)20-11-7-8-12-21(20)27/h4-15,18,23H,1-3H3,(H,28,30)(H,29,31). The normalized spacial score (nSPS) is 12.4. The number of esters is 1. The summed E-state index contributed by atoms with van der Waals surface area (Å²) in [5.74, 6) is -1.76. The molecule has 2 N–H and O–H groups in total. The molecule has 0 aliphatic heterocycles. The average molecular weight is 465 g/mol. The summed E-state index contributed by atoms with van der Waals surface area (Å²) < 4.78 is 5.57. The minimum absolute atomic E-state index is 0.242. The average Bonchev–Trinajstić information content (AvgIpc) is 2.80. The van der Waals surface area contributed by atoms with Crippen molar-refractivity contribution in [2.45, 2.75) is 32.9 Å². The Bertz CT molecular complexity index is 1160. The lowest BCUT2D eigenvalue weighted by atomic mass is 10.1. The van der Waals surface area contributed by atoms with Crippen LogP contribution in [0.1, 0.15) is 40.1 Å². The number of ether oxygens (including phenoxy) is 1. The number of amides is 2. The first kappa shape index (κ1) is 24.0. The monoisotopic (exact) mass is 464 g/mol. The second kappa shape index (κ2) is 10.8. The van der Waals surface area contributed by atoms with Gasteiger partial charge in [-0.25, -0.2) is 4.79 Å². The smallest absolute Gasteiger partial charge is 0.329 e. The first-order valence-electron chi connectivity index (χ1n) is 10.4. The molecule has 0 aliphatic carbocycles. The van der Waals surface area contributed by atoms with Gasteiger partial charge >= 0.3 is 5.97 Å². The van der Waals surface area contributed by atoms with Gasteiger partial charge in [0, 0.05) is 11.3 Å². The maximum Gasteiger partial charge on any atom is 0.329 e. The van der Waals surface area contributed by atoms with Gasteiger partial charge in [-0.1, -0.05) is 66.2 Å². The van der Waals surface area contributed by atoms with Crippen molar-refractivity contribution in [3.63, 3.8) is 0 Å². The van der Waals surface area contributed by atoms with Gasteiger partial charge < -0.3 is 15.4 Å². The van der Waals surface area contributed by atoms with E-state index in [0.717, 1.165) is 11.1 Å². The molecule has 0 heterocycles. The molecule has 0 fully saturated rings. The van der Waals surface area contributed by atoms with Crippen molar-refractivity contribution >= 4 is 35.1 Å². The van der Waals surface area contributed by atoms with Crippen LogP contribution in [0.4, 0.5) is 5.69 Å². The lowest BCUT2D eigenvalue weighted by molar-refractivity contribution is -0.156. The zero-order chi connectivity index (χ0) is 24.0. The minimum Gasteiger partial charge on any atom is -0.446 e. The SMILES string of the molecule is Cc1ccc(C)c(NC(=O)C(OC(=O)C(C)NC(=O)c2ccccc2Cl)c2ccccc2)c1. The molecule has 0 spiro atoms. The molecule has 33 heavy (non-hydrogen) atoms. The minimum atomic E-state index is -1.20. The van der Waals surface area contributed by atoms with Crippen LogP contribution in [0, 0.1) is 13.8 Å². The maximum atomic E-state index is 13.1. The van der Waals surface area contributed by atoms with Crippen LogP contribution >= 0.6 is 11.6 Å². The van der Waals surface area contributed by atoms with E-state index in [-0.39, 0.29) is 10.6 Å². The van der Waals surface area contributed by atoms with E-state index in [1.807, 2.05) is 32.0 Å².